The molecule has 0 spiro atoms. The number of benzene rings is 1. The third-order valence-electron chi connectivity index (χ3n) is 2.90. The molecule has 0 aliphatic rings. The van der Waals surface area contributed by atoms with Crippen LogP contribution < -0.4 is 11.1 Å². The largest absolute Gasteiger partial charge is 0.384 e. The van der Waals surface area contributed by atoms with Crippen molar-refractivity contribution in [3.63, 3.8) is 0 Å². The molecule has 0 amide bonds. The summed E-state index contributed by atoms with van der Waals surface area (Å²) in [5.74, 6) is 1.74. The number of aryl methyl sites for hydroxylation is 1. The number of nitrogens with zero attached hydrogens (tertiary/aromatic N) is 4. The van der Waals surface area contributed by atoms with Crippen molar-refractivity contribution in [3.8, 4) is 0 Å². The summed E-state index contributed by atoms with van der Waals surface area (Å²) in [7, 11) is 0. The van der Waals surface area contributed by atoms with Crippen molar-refractivity contribution in [1.82, 2.24) is 18.7 Å². The molecule has 0 bridgehead atoms. The summed E-state index contributed by atoms with van der Waals surface area (Å²) in [4.78, 5) is 8.65. The van der Waals surface area contributed by atoms with E-state index in [0.29, 0.717) is 28.2 Å². The van der Waals surface area contributed by atoms with Gasteiger partial charge in [0.25, 0.3) is 0 Å². The number of nitrogen functional groups attached to an aromatic ring is 1. The van der Waals surface area contributed by atoms with Gasteiger partial charge in [-0.15, -0.1) is 0 Å². The zero-order chi connectivity index (χ0) is 14.8. The summed E-state index contributed by atoms with van der Waals surface area (Å²) in [6, 6.07) is 5.29. The molecular formula is C13H13ClN6S. The molecule has 3 N–H and O–H groups in total. The van der Waals surface area contributed by atoms with Crippen molar-refractivity contribution in [2.45, 2.75) is 19.8 Å². The predicted octanol–water partition coefficient (Wildman–Crippen LogP) is 3.41. The van der Waals surface area contributed by atoms with Crippen molar-refractivity contribution in [2.24, 2.45) is 0 Å². The Labute approximate surface area is 130 Å². The van der Waals surface area contributed by atoms with Gasteiger partial charge in [-0.25, -0.2) is 9.97 Å². The van der Waals surface area contributed by atoms with E-state index in [4.69, 9.17) is 17.3 Å². The highest BCUT2D eigenvalue weighted by atomic mass is 35.5. The predicted molar refractivity (Wildman–Crippen MR) is 86.1 cm³/mol. The van der Waals surface area contributed by atoms with Gasteiger partial charge in [-0.05, 0) is 18.6 Å². The Morgan fingerprint density at radius 1 is 1.29 bits per heavy atom. The van der Waals surface area contributed by atoms with Gasteiger partial charge in [0.15, 0.2) is 0 Å². The smallest absolute Gasteiger partial charge is 0.136 e. The number of fused-ring (bicyclic) bond motifs is 1. The quantitative estimate of drug-likeness (QED) is 0.765. The first-order chi connectivity index (χ1) is 10.2. The van der Waals surface area contributed by atoms with Gasteiger partial charge in [-0.2, -0.15) is 8.75 Å². The minimum absolute atomic E-state index is 0.427. The maximum Gasteiger partial charge on any atom is 0.136 e. The second-order valence-electron chi connectivity index (χ2n) is 4.52. The molecule has 0 aliphatic heterocycles. The number of aromatic nitrogens is 4. The highest BCUT2D eigenvalue weighted by Crippen LogP contribution is 2.32. The number of anilines is 3. The third kappa shape index (κ3) is 2.88. The Balaban J connectivity index is 2.02. The molecule has 0 atom stereocenters. The Morgan fingerprint density at radius 2 is 2.14 bits per heavy atom. The third-order valence-corrected chi connectivity index (χ3v) is 3.75. The number of rotatable bonds is 4. The van der Waals surface area contributed by atoms with E-state index >= 15 is 0 Å². The summed E-state index contributed by atoms with van der Waals surface area (Å²) in [5.41, 5.74) is 8.03. The lowest BCUT2D eigenvalue weighted by Crippen LogP contribution is -2.04. The number of halogens is 1. The molecule has 2 heterocycles. The molecule has 8 heteroatoms. The van der Waals surface area contributed by atoms with Gasteiger partial charge in [0.2, 0.25) is 0 Å². The number of nitrogens with one attached hydrogen (secondary N) is 1. The molecule has 1 aromatic carbocycles. The zero-order valence-electron chi connectivity index (χ0n) is 11.3. The van der Waals surface area contributed by atoms with Crippen molar-refractivity contribution < 1.29 is 0 Å². The number of nitrogens with two attached hydrogens (primary N) is 1. The van der Waals surface area contributed by atoms with Crippen LogP contribution in [0.2, 0.25) is 5.02 Å². The van der Waals surface area contributed by atoms with Crippen LogP contribution >= 0.6 is 23.3 Å². The Bertz CT molecular complexity index is 787. The van der Waals surface area contributed by atoms with Crippen LogP contribution in [0.3, 0.4) is 0 Å². The summed E-state index contributed by atoms with van der Waals surface area (Å²) < 4.78 is 8.47. The Kier molecular flexibility index (Phi) is 3.85. The van der Waals surface area contributed by atoms with Gasteiger partial charge < -0.3 is 11.1 Å². The molecule has 3 aromatic rings. The Morgan fingerprint density at radius 3 is 2.95 bits per heavy atom. The summed E-state index contributed by atoms with van der Waals surface area (Å²) in [5, 5.41) is 3.74. The first-order valence-corrected chi connectivity index (χ1v) is 7.59. The SMILES string of the molecule is CCCc1nc(N)cc(Nc2c(Cl)ccc3nsnc23)n1. The number of hydrogen-bond acceptors (Lipinski definition) is 7. The monoisotopic (exact) mass is 320 g/mol. The minimum atomic E-state index is 0.427. The lowest BCUT2D eigenvalue weighted by Gasteiger charge is -2.10. The average Bonchev–Trinajstić information content (AvgIpc) is 2.90. The lowest BCUT2D eigenvalue weighted by molar-refractivity contribution is 0.839. The minimum Gasteiger partial charge on any atom is -0.384 e. The van der Waals surface area contributed by atoms with Gasteiger partial charge in [-0.3, -0.25) is 0 Å². The van der Waals surface area contributed by atoms with Gasteiger partial charge in [0.1, 0.15) is 28.5 Å². The van der Waals surface area contributed by atoms with Gasteiger partial charge >= 0.3 is 0 Å². The van der Waals surface area contributed by atoms with Crippen LogP contribution in [0.1, 0.15) is 19.2 Å². The normalized spacial score (nSPS) is 11.0. The number of hydrogen-bond donors (Lipinski definition) is 2. The maximum atomic E-state index is 6.25. The first kappa shape index (κ1) is 14.0. The fraction of sp³-hybridized carbons (Fsp3) is 0.231. The molecule has 0 saturated carbocycles. The maximum absolute atomic E-state index is 6.25. The van der Waals surface area contributed by atoms with Crippen LogP contribution in [0.5, 0.6) is 0 Å². The van der Waals surface area contributed by atoms with Crippen LogP contribution in [-0.4, -0.2) is 18.7 Å². The molecule has 21 heavy (non-hydrogen) atoms. The molecule has 0 radical (unpaired) electrons. The molecule has 0 unspecified atom stereocenters. The summed E-state index contributed by atoms with van der Waals surface area (Å²) >= 11 is 7.40. The van der Waals surface area contributed by atoms with Crippen LogP contribution in [0.4, 0.5) is 17.3 Å². The zero-order valence-corrected chi connectivity index (χ0v) is 12.9. The highest BCUT2D eigenvalue weighted by Gasteiger charge is 2.11. The first-order valence-electron chi connectivity index (χ1n) is 6.48. The molecular weight excluding hydrogens is 308 g/mol. The molecule has 0 saturated heterocycles. The van der Waals surface area contributed by atoms with Crippen LogP contribution in [0.15, 0.2) is 18.2 Å². The summed E-state index contributed by atoms with van der Waals surface area (Å²) in [6.45, 7) is 2.07. The molecule has 6 nitrogen and oxygen atoms in total. The van der Waals surface area contributed by atoms with Crippen LogP contribution in [-0.2, 0) is 6.42 Å². The lowest BCUT2D eigenvalue weighted by atomic mass is 10.2. The molecule has 0 aliphatic carbocycles. The highest BCUT2D eigenvalue weighted by molar-refractivity contribution is 7.00. The van der Waals surface area contributed by atoms with Crippen molar-refractivity contribution >= 4 is 51.7 Å². The van der Waals surface area contributed by atoms with E-state index in [1.807, 2.05) is 6.07 Å². The van der Waals surface area contributed by atoms with Crippen molar-refractivity contribution in [2.75, 3.05) is 11.1 Å². The fourth-order valence-electron chi connectivity index (χ4n) is 1.99. The van der Waals surface area contributed by atoms with Gasteiger partial charge in [0.05, 0.1) is 22.4 Å². The molecule has 0 fully saturated rings. The average molecular weight is 321 g/mol. The summed E-state index contributed by atoms with van der Waals surface area (Å²) in [6.07, 6.45) is 1.73. The van der Waals surface area contributed by atoms with Gasteiger partial charge in [-0.1, -0.05) is 18.5 Å². The second-order valence-corrected chi connectivity index (χ2v) is 5.46. The van der Waals surface area contributed by atoms with E-state index in [2.05, 4.69) is 31.0 Å². The fourth-order valence-corrected chi connectivity index (χ4v) is 2.73. The van der Waals surface area contributed by atoms with E-state index in [1.165, 1.54) is 0 Å². The van der Waals surface area contributed by atoms with Crippen molar-refractivity contribution in [3.05, 3.63) is 29.0 Å². The van der Waals surface area contributed by atoms with E-state index < -0.39 is 0 Å². The van der Waals surface area contributed by atoms with E-state index in [-0.39, 0.29) is 0 Å². The van der Waals surface area contributed by atoms with E-state index in [0.717, 1.165) is 35.6 Å². The van der Waals surface area contributed by atoms with Gasteiger partial charge in [0, 0.05) is 12.5 Å². The van der Waals surface area contributed by atoms with Crippen molar-refractivity contribution in [1.29, 1.82) is 0 Å². The van der Waals surface area contributed by atoms with Crippen LogP contribution in [0, 0.1) is 0 Å². The second kappa shape index (κ2) is 5.79. The standard InChI is InChI=1S/C13H13ClN6S/c1-2-3-10-16-9(15)6-11(17-10)18-12-7(14)4-5-8-13(12)20-21-19-8/h4-6H,2-3H2,1H3,(H3,15,16,17,18). The van der Waals surface area contributed by atoms with E-state index in [9.17, 15) is 0 Å². The van der Waals surface area contributed by atoms with Crippen LogP contribution in [0.25, 0.3) is 11.0 Å². The molecule has 3 rings (SSSR count). The molecule has 2 aromatic heterocycles. The topological polar surface area (TPSA) is 89.6 Å². The molecule has 108 valence electrons. The van der Waals surface area contributed by atoms with E-state index in [1.54, 1.807) is 12.1 Å². The Hall–Kier alpha value is -1.99.